The topological polar surface area (TPSA) is 67.4 Å². The molecule has 5 heteroatoms. The highest BCUT2D eigenvalue weighted by molar-refractivity contribution is 5.77. The minimum Gasteiger partial charge on any atom is -0.466 e. The summed E-state index contributed by atoms with van der Waals surface area (Å²) in [7, 11) is 0. The molecule has 0 spiro atoms. The summed E-state index contributed by atoms with van der Waals surface area (Å²) in [5, 5.41) is 6.38. The number of carbonyl (C=O) groups is 2. The molecule has 2 heterocycles. The van der Waals surface area contributed by atoms with Gasteiger partial charge >= 0.3 is 5.97 Å². The van der Waals surface area contributed by atoms with Crippen LogP contribution in [0.5, 0.6) is 0 Å². The Balaban J connectivity index is 1.60. The van der Waals surface area contributed by atoms with Crippen molar-refractivity contribution >= 4 is 11.9 Å². The molecular formula is C14H24N2O3. The SMILES string of the molecule is CCOC(=O)CCNC(=O)CC1CC2CCC(C1)N2. The normalized spacial score (nSPS) is 29.0. The molecule has 2 rings (SSSR count). The fraction of sp³-hybridized carbons (Fsp3) is 0.857. The van der Waals surface area contributed by atoms with Crippen LogP contribution in [0.3, 0.4) is 0 Å². The van der Waals surface area contributed by atoms with Gasteiger partial charge in [-0.05, 0) is 38.5 Å². The quantitative estimate of drug-likeness (QED) is 0.705. The molecule has 1 amide bonds. The van der Waals surface area contributed by atoms with Crippen LogP contribution in [0.4, 0.5) is 0 Å². The average Bonchev–Trinajstić information content (AvgIpc) is 2.69. The van der Waals surface area contributed by atoms with E-state index in [1.807, 2.05) is 0 Å². The third kappa shape index (κ3) is 4.49. The van der Waals surface area contributed by atoms with Crippen molar-refractivity contribution < 1.29 is 14.3 Å². The molecule has 0 aromatic rings. The van der Waals surface area contributed by atoms with Crippen molar-refractivity contribution in [2.75, 3.05) is 13.2 Å². The second-order valence-corrected chi connectivity index (χ2v) is 5.58. The van der Waals surface area contributed by atoms with E-state index in [1.54, 1.807) is 6.92 Å². The number of hydrogen-bond donors (Lipinski definition) is 2. The van der Waals surface area contributed by atoms with E-state index in [1.165, 1.54) is 12.8 Å². The van der Waals surface area contributed by atoms with E-state index >= 15 is 0 Å². The lowest BCUT2D eigenvalue weighted by atomic mass is 9.89. The van der Waals surface area contributed by atoms with Crippen molar-refractivity contribution in [2.24, 2.45) is 5.92 Å². The van der Waals surface area contributed by atoms with Crippen molar-refractivity contribution in [1.82, 2.24) is 10.6 Å². The number of piperidine rings is 1. The predicted molar refractivity (Wildman–Crippen MR) is 71.5 cm³/mol. The summed E-state index contributed by atoms with van der Waals surface area (Å²) in [6, 6.07) is 1.24. The zero-order valence-corrected chi connectivity index (χ0v) is 11.6. The number of nitrogens with one attached hydrogen (secondary N) is 2. The van der Waals surface area contributed by atoms with Gasteiger partial charge in [-0.1, -0.05) is 0 Å². The summed E-state index contributed by atoms with van der Waals surface area (Å²) in [5.74, 6) is 0.319. The standard InChI is InChI=1S/C14H24N2O3/c1-2-19-14(18)5-6-15-13(17)9-10-7-11-3-4-12(8-10)16-11/h10-12,16H,2-9H2,1H3,(H,15,17). The van der Waals surface area contributed by atoms with Crippen molar-refractivity contribution in [3.05, 3.63) is 0 Å². The van der Waals surface area contributed by atoms with Crippen LogP contribution in [0.15, 0.2) is 0 Å². The Kier molecular flexibility index (Phi) is 5.19. The van der Waals surface area contributed by atoms with E-state index in [4.69, 9.17) is 4.74 Å². The van der Waals surface area contributed by atoms with Gasteiger partial charge in [-0.15, -0.1) is 0 Å². The van der Waals surface area contributed by atoms with Crippen molar-refractivity contribution in [2.45, 2.75) is 57.5 Å². The molecule has 108 valence electrons. The van der Waals surface area contributed by atoms with E-state index in [0.717, 1.165) is 12.8 Å². The van der Waals surface area contributed by atoms with E-state index in [9.17, 15) is 9.59 Å². The van der Waals surface area contributed by atoms with Gasteiger partial charge in [0.1, 0.15) is 0 Å². The monoisotopic (exact) mass is 268 g/mol. The lowest BCUT2D eigenvalue weighted by Crippen LogP contribution is -2.39. The molecule has 2 aliphatic heterocycles. The molecule has 0 saturated carbocycles. The maximum Gasteiger partial charge on any atom is 0.307 e. The second kappa shape index (κ2) is 6.89. The van der Waals surface area contributed by atoms with Crippen LogP contribution < -0.4 is 10.6 Å². The number of rotatable bonds is 6. The summed E-state index contributed by atoms with van der Waals surface area (Å²) in [6.45, 7) is 2.56. The molecule has 2 N–H and O–H groups in total. The number of carbonyl (C=O) groups excluding carboxylic acids is 2. The second-order valence-electron chi connectivity index (χ2n) is 5.58. The van der Waals surface area contributed by atoms with Crippen LogP contribution in [-0.4, -0.2) is 37.1 Å². The number of hydrogen-bond acceptors (Lipinski definition) is 4. The minimum absolute atomic E-state index is 0.0654. The molecule has 0 aliphatic carbocycles. The van der Waals surface area contributed by atoms with Crippen LogP contribution in [-0.2, 0) is 14.3 Å². The number of esters is 1. The first-order valence-electron chi connectivity index (χ1n) is 7.35. The average molecular weight is 268 g/mol. The molecular weight excluding hydrogens is 244 g/mol. The van der Waals surface area contributed by atoms with E-state index < -0.39 is 0 Å². The van der Waals surface area contributed by atoms with E-state index in [0.29, 0.717) is 37.6 Å². The lowest BCUT2D eigenvalue weighted by Gasteiger charge is -2.28. The van der Waals surface area contributed by atoms with Gasteiger partial charge < -0.3 is 15.4 Å². The van der Waals surface area contributed by atoms with Crippen LogP contribution in [0.25, 0.3) is 0 Å². The predicted octanol–water partition coefficient (Wildman–Crippen LogP) is 0.976. The van der Waals surface area contributed by atoms with Gasteiger partial charge in [0, 0.05) is 25.0 Å². The number of amides is 1. The van der Waals surface area contributed by atoms with Crippen LogP contribution in [0.1, 0.15) is 45.4 Å². The Morgan fingerprint density at radius 2 is 1.95 bits per heavy atom. The molecule has 2 bridgehead atoms. The van der Waals surface area contributed by atoms with Gasteiger partial charge in [0.2, 0.25) is 5.91 Å². The molecule has 2 atom stereocenters. The Morgan fingerprint density at radius 1 is 1.26 bits per heavy atom. The fourth-order valence-corrected chi connectivity index (χ4v) is 3.21. The maximum absolute atomic E-state index is 11.8. The fourth-order valence-electron chi connectivity index (χ4n) is 3.21. The Labute approximate surface area is 114 Å². The van der Waals surface area contributed by atoms with E-state index in [-0.39, 0.29) is 18.3 Å². The third-order valence-corrected chi connectivity index (χ3v) is 4.00. The van der Waals surface area contributed by atoms with E-state index in [2.05, 4.69) is 10.6 Å². The first-order valence-corrected chi connectivity index (χ1v) is 7.35. The van der Waals surface area contributed by atoms with Gasteiger partial charge in [-0.3, -0.25) is 9.59 Å². The van der Waals surface area contributed by atoms with Gasteiger partial charge in [0.15, 0.2) is 0 Å². The summed E-state index contributed by atoms with van der Waals surface area (Å²) in [4.78, 5) is 22.9. The summed E-state index contributed by atoms with van der Waals surface area (Å²) < 4.78 is 4.81. The highest BCUT2D eigenvalue weighted by Gasteiger charge is 2.34. The zero-order valence-electron chi connectivity index (χ0n) is 11.6. The van der Waals surface area contributed by atoms with Gasteiger partial charge in [0.25, 0.3) is 0 Å². The maximum atomic E-state index is 11.8. The third-order valence-electron chi connectivity index (χ3n) is 4.00. The summed E-state index contributed by atoms with van der Waals surface area (Å²) in [6.07, 6.45) is 5.59. The first kappa shape index (κ1) is 14.3. The smallest absolute Gasteiger partial charge is 0.307 e. The Morgan fingerprint density at radius 3 is 2.58 bits per heavy atom. The molecule has 2 fully saturated rings. The number of fused-ring (bicyclic) bond motifs is 2. The molecule has 2 unspecified atom stereocenters. The molecule has 0 radical (unpaired) electrons. The van der Waals surface area contributed by atoms with Crippen molar-refractivity contribution in [3.8, 4) is 0 Å². The molecule has 19 heavy (non-hydrogen) atoms. The minimum atomic E-state index is -0.247. The zero-order chi connectivity index (χ0) is 13.7. The highest BCUT2D eigenvalue weighted by Crippen LogP contribution is 2.32. The van der Waals surface area contributed by atoms with Crippen molar-refractivity contribution in [3.63, 3.8) is 0 Å². The van der Waals surface area contributed by atoms with Gasteiger partial charge in [-0.25, -0.2) is 0 Å². The molecule has 0 aromatic heterocycles. The van der Waals surface area contributed by atoms with Crippen LogP contribution >= 0.6 is 0 Å². The van der Waals surface area contributed by atoms with Crippen molar-refractivity contribution in [1.29, 1.82) is 0 Å². The highest BCUT2D eigenvalue weighted by atomic mass is 16.5. The summed E-state index contributed by atoms with van der Waals surface area (Å²) >= 11 is 0. The Hall–Kier alpha value is -1.10. The molecule has 0 aromatic carbocycles. The first-order chi connectivity index (χ1) is 9.17. The Bertz CT molecular complexity index is 321. The molecule has 2 saturated heterocycles. The van der Waals surface area contributed by atoms with Crippen LogP contribution in [0.2, 0.25) is 0 Å². The summed E-state index contributed by atoms with van der Waals surface area (Å²) in [5.41, 5.74) is 0. The molecule has 5 nitrogen and oxygen atoms in total. The largest absolute Gasteiger partial charge is 0.466 e. The molecule has 2 aliphatic rings. The lowest BCUT2D eigenvalue weighted by molar-refractivity contribution is -0.143. The van der Waals surface area contributed by atoms with Gasteiger partial charge in [0.05, 0.1) is 13.0 Å². The number of ether oxygens (including phenoxy) is 1. The van der Waals surface area contributed by atoms with Crippen LogP contribution in [0, 0.1) is 5.92 Å². The van der Waals surface area contributed by atoms with Gasteiger partial charge in [-0.2, -0.15) is 0 Å².